The van der Waals surface area contributed by atoms with Crippen LogP contribution in [0.2, 0.25) is 0 Å². The van der Waals surface area contributed by atoms with Crippen molar-refractivity contribution in [2.45, 2.75) is 45.3 Å². The van der Waals surface area contributed by atoms with Gasteiger partial charge in [-0.1, -0.05) is 6.07 Å². The van der Waals surface area contributed by atoms with Gasteiger partial charge in [0.15, 0.2) is 11.5 Å². The Morgan fingerprint density at radius 1 is 1.21 bits per heavy atom. The Bertz CT molecular complexity index is 832. The van der Waals surface area contributed by atoms with E-state index in [0.29, 0.717) is 6.61 Å². The quantitative estimate of drug-likeness (QED) is 0.790. The van der Waals surface area contributed by atoms with Crippen molar-refractivity contribution >= 4 is 0 Å². The minimum atomic E-state index is -0.242. The minimum absolute atomic E-state index is 0.242. The van der Waals surface area contributed by atoms with Crippen LogP contribution in [0.1, 0.15) is 42.4 Å². The molecule has 150 valence electrons. The van der Waals surface area contributed by atoms with Gasteiger partial charge in [0.05, 0.1) is 26.0 Å². The zero-order valence-corrected chi connectivity index (χ0v) is 17.0. The zero-order valence-electron chi connectivity index (χ0n) is 17.0. The van der Waals surface area contributed by atoms with Crippen molar-refractivity contribution in [3.63, 3.8) is 0 Å². The van der Waals surface area contributed by atoms with E-state index in [1.165, 1.54) is 11.1 Å². The second-order valence-electron chi connectivity index (χ2n) is 7.58. The van der Waals surface area contributed by atoms with E-state index in [2.05, 4.69) is 22.0 Å². The van der Waals surface area contributed by atoms with E-state index in [-0.39, 0.29) is 5.60 Å². The summed E-state index contributed by atoms with van der Waals surface area (Å²) < 4.78 is 17.4. The van der Waals surface area contributed by atoms with Crippen molar-refractivity contribution in [3.05, 3.63) is 47.0 Å². The summed E-state index contributed by atoms with van der Waals surface area (Å²) in [6.07, 6.45) is 4.82. The summed E-state index contributed by atoms with van der Waals surface area (Å²) in [5, 5.41) is 0. The summed E-state index contributed by atoms with van der Waals surface area (Å²) >= 11 is 0. The molecule has 6 heteroatoms. The number of hydrogen-bond acceptors (Lipinski definition) is 6. The number of piperidine rings is 1. The van der Waals surface area contributed by atoms with Crippen LogP contribution in [0.5, 0.6) is 11.5 Å². The fraction of sp³-hybridized carbons (Fsp3) is 0.545. The maximum Gasteiger partial charge on any atom is 0.161 e. The molecule has 2 aromatic rings. The van der Waals surface area contributed by atoms with Gasteiger partial charge < -0.3 is 14.2 Å². The van der Waals surface area contributed by atoms with Crippen LogP contribution >= 0.6 is 0 Å². The molecule has 1 aromatic carbocycles. The molecule has 1 spiro atoms. The largest absolute Gasteiger partial charge is 0.493 e. The van der Waals surface area contributed by atoms with E-state index in [4.69, 9.17) is 19.2 Å². The van der Waals surface area contributed by atoms with Crippen LogP contribution < -0.4 is 9.47 Å². The van der Waals surface area contributed by atoms with Crippen molar-refractivity contribution in [2.75, 3.05) is 33.4 Å². The molecule has 1 aromatic heterocycles. The van der Waals surface area contributed by atoms with Gasteiger partial charge in [0, 0.05) is 25.8 Å². The first-order chi connectivity index (χ1) is 13.6. The van der Waals surface area contributed by atoms with Crippen molar-refractivity contribution < 1.29 is 14.2 Å². The van der Waals surface area contributed by atoms with E-state index < -0.39 is 0 Å². The molecule has 0 unspecified atom stereocenters. The summed E-state index contributed by atoms with van der Waals surface area (Å²) in [6.45, 7) is 8.19. The Hall–Kier alpha value is -2.18. The number of fused-ring (bicyclic) bond motifs is 2. The standard InChI is InChI=1S/C22H29N3O3/c1-4-27-19-6-5-17(13-20(19)26-3)15-25-10-8-22(9-11-25)21-18(7-12-28-22)14-23-16(2)24-21/h5-6,13-14H,4,7-12,15H2,1-3H3. The molecule has 1 saturated heterocycles. The van der Waals surface area contributed by atoms with Crippen LogP contribution in [-0.4, -0.2) is 48.3 Å². The third-order valence-electron chi connectivity index (χ3n) is 5.76. The molecule has 0 saturated carbocycles. The lowest BCUT2D eigenvalue weighted by atomic mass is 9.83. The molecular weight excluding hydrogens is 354 g/mol. The Kier molecular flexibility index (Phi) is 5.51. The van der Waals surface area contributed by atoms with E-state index in [9.17, 15) is 0 Å². The van der Waals surface area contributed by atoms with Crippen LogP contribution in [0, 0.1) is 6.92 Å². The highest BCUT2D eigenvalue weighted by atomic mass is 16.5. The highest BCUT2D eigenvalue weighted by Gasteiger charge is 2.42. The fourth-order valence-corrected chi connectivity index (χ4v) is 4.29. The average molecular weight is 383 g/mol. The lowest BCUT2D eigenvalue weighted by molar-refractivity contribution is -0.102. The first-order valence-electron chi connectivity index (χ1n) is 10.1. The van der Waals surface area contributed by atoms with Crippen LogP contribution in [-0.2, 0) is 23.3 Å². The summed E-state index contributed by atoms with van der Waals surface area (Å²) in [5.74, 6) is 2.42. The Balaban J connectivity index is 1.45. The predicted octanol–water partition coefficient (Wildman–Crippen LogP) is 3.26. The fourth-order valence-electron chi connectivity index (χ4n) is 4.29. The van der Waals surface area contributed by atoms with Crippen molar-refractivity contribution in [2.24, 2.45) is 0 Å². The molecular formula is C22H29N3O3. The van der Waals surface area contributed by atoms with Crippen molar-refractivity contribution in [1.82, 2.24) is 14.9 Å². The first kappa shape index (κ1) is 19.2. The van der Waals surface area contributed by atoms with Crippen molar-refractivity contribution in [1.29, 1.82) is 0 Å². The maximum absolute atomic E-state index is 6.31. The number of ether oxygens (including phenoxy) is 3. The number of aryl methyl sites for hydroxylation is 1. The van der Waals surface area contributed by atoms with Gasteiger partial charge in [0.25, 0.3) is 0 Å². The maximum atomic E-state index is 6.31. The molecule has 28 heavy (non-hydrogen) atoms. The Morgan fingerprint density at radius 2 is 2.04 bits per heavy atom. The summed E-state index contributed by atoms with van der Waals surface area (Å²) in [5.41, 5.74) is 3.36. The molecule has 0 radical (unpaired) electrons. The molecule has 0 amide bonds. The van der Waals surface area contributed by atoms with Gasteiger partial charge in [-0.3, -0.25) is 4.90 Å². The summed E-state index contributed by atoms with van der Waals surface area (Å²) in [7, 11) is 1.69. The summed E-state index contributed by atoms with van der Waals surface area (Å²) in [4.78, 5) is 11.6. The van der Waals surface area contributed by atoms with Gasteiger partial charge in [-0.25, -0.2) is 9.97 Å². The van der Waals surface area contributed by atoms with Gasteiger partial charge in [-0.05, 0) is 56.4 Å². The second kappa shape index (κ2) is 8.05. The van der Waals surface area contributed by atoms with Crippen LogP contribution in [0.4, 0.5) is 0 Å². The van der Waals surface area contributed by atoms with E-state index in [0.717, 1.165) is 68.5 Å². The third-order valence-corrected chi connectivity index (χ3v) is 5.76. The van der Waals surface area contributed by atoms with E-state index >= 15 is 0 Å². The molecule has 3 heterocycles. The predicted molar refractivity (Wildman–Crippen MR) is 107 cm³/mol. The lowest BCUT2D eigenvalue weighted by Crippen LogP contribution is -2.47. The van der Waals surface area contributed by atoms with Gasteiger partial charge in [0.2, 0.25) is 0 Å². The minimum Gasteiger partial charge on any atom is -0.493 e. The molecule has 0 bridgehead atoms. The normalized spacial score (nSPS) is 18.7. The molecule has 0 aliphatic carbocycles. The SMILES string of the molecule is CCOc1ccc(CN2CCC3(CC2)OCCc2cnc(C)nc23)cc1OC. The highest BCUT2D eigenvalue weighted by molar-refractivity contribution is 5.43. The number of rotatable bonds is 5. The van der Waals surface area contributed by atoms with Gasteiger partial charge >= 0.3 is 0 Å². The molecule has 0 N–H and O–H groups in total. The lowest BCUT2D eigenvalue weighted by Gasteiger charge is -2.44. The molecule has 2 aliphatic heterocycles. The summed E-state index contributed by atoms with van der Waals surface area (Å²) in [6, 6.07) is 6.21. The van der Waals surface area contributed by atoms with E-state index in [1.54, 1.807) is 7.11 Å². The van der Waals surface area contributed by atoms with Gasteiger partial charge in [-0.15, -0.1) is 0 Å². The van der Waals surface area contributed by atoms with Crippen LogP contribution in [0.15, 0.2) is 24.4 Å². The van der Waals surface area contributed by atoms with Crippen LogP contribution in [0.3, 0.4) is 0 Å². The van der Waals surface area contributed by atoms with Gasteiger partial charge in [-0.2, -0.15) is 0 Å². The third kappa shape index (κ3) is 3.71. The molecule has 1 fully saturated rings. The smallest absolute Gasteiger partial charge is 0.161 e. The average Bonchev–Trinajstić information content (AvgIpc) is 2.72. The molecule has 4 rings (SSSR count). The van der Waals surface area contributed by atoms with Crippen LogP contribution in [0.25, 0.3) is 0 Å². The topological polar surface area (TPSA) is 56.7 Å². The number of aromatic nitrogens is 2. The van der Waals surface area contributed by atoms with Crippen molar-refractivity contribution in [3.8, 4) is 11.5 Å². The number of methoxy groups -OCH3 is 1. The monoisotopic (exact) mass is 383 g/mol. The Labute approximate surface area is 166 Å². The Morgan fingerprint density at radius 3 is 2.79 bits per heavy atom. The number of benzene rings is 1. The highest BCUT2D eigenvalue weighted by Crippen LogP contribution is 2.40. The second-order valence-corrected chi connectivity index (χ2v) is 7.58. The first-order valence-corrected chi connectivity index (χ1v) is 10.1. The number of likely N-dealkylation sites (tertiary alicyclic amines) is 1. The van der Waals surface area contributed by atoms with E-state index in [1.807, 2.05) is 26.1 Å². The molecule has 0 atom stereocenters. The zero-order chi connectivity index (χ0) is 19.6. The number of nitrogens with zero attached hydrogens (tertiary/aromatic N) is 3. The molecule has 6 nitrogen and oxygen atoms in total. The van der Waals surface area contributed by atoms with Gasteiger partial charge in [0.1, 0.15) is 11.4 Å². The number of hydrogen-bond donors (Lipinski definition) is 0. The molecule has 2 aliphatic rings.